The van der Waals surface area contributed by atoms with E-state index < -0.39 is 4.87 Å². The Kier molecular flexibility index (Phi) is 2.70. The Morgan fingerprint density at radius 2 is 2.20 bits per heavy atom. The summed E-state index contributed by atoms with van der Waals surface area (Å²) < 4.78 is 4.95. The van der Waals surface area contributed by atoms with E-state index >= 15 is 0 Å². The van der Waals surface area contributed by atoms with E-state index in [0.717, 1.165) is 5.56 Å². The highest BCUT2D eigenvalue weighted by Crippen LogP contribution is 2.57. The quantitative estimate of drug-likeness (QED) is 0.583. The average molecular weight is 225 g/mol. The Bertz CT molecular complexity index is 363. The van der Waals surface area contributed by atoms with Crippen molar-refractivity contribution < 1.29 is 9.53 Å². The summed E-state index contributed by atoms with van der Waals surface area (Å²) in [5.41, 5.74) is 1.11. The molecule has 0 amide bonds. The third kappa shape index (κ3) is 1.86. The molecule has 1 fully saturated rings. The summed E-state index contributed by atoms with van der Waals surface area (Å²) >= 11 is 6.20. The smallest absolute Gasteiger partial charge is 0.327 e. The summed E-state index contributed by atoms with van der Waals surface area (Å²) in [6, 6.07) is 9.85. The molecule has 2 atom stereocenters. The number of rotatable bonds is 3. The van der Waals surface area contributed by atoms with Gasteiger partial charge in [0, 0.05) is 5.92 Å². The number of carbonyl (C=O) groups excluding carboxylic acids is 1. The highest BCUT2D eigenvalue weighted by atomic mass is 35.5. The van der Waals surface area contributed by atoms with Gasteiger partial charge in [-0.3, -0.25) is 4.79 Å². The minimum atomic E-state index is -0.808. The first kappa shape index (κ1) is 10.5. The van der Waals surface area contributed by atoms with Gasteiger partial charge in [-0.25, -0.2) is 0 Å². The summed E-state index contributed by atoms with van der Waals surface area (Å²) in [7, 11) is 0. The van der Waals surface area contributed by atoms with Gasteiger partial charge in [-0.15, -0.1) is 11.6 Å². The van der Waals surface area contributed by atoms with Crippen LogP contribution in [0.1, 0.15) is 24.8 Å². The molecule has 0 saturated heterocycles. The van der Waals surface area contributed by atoms with Crippen molar-refractivity contribution in [2.75, 3.05) is 6.61 Å². The minimum absolute atomic E-state index is 0.111. The number of halogens is 1. The van der Waals surface area contributed by atoms with Gasteiger partial charge in [0.1, 0.15) is 4.87 Å². The fourth-order valence-corrected chi connectivity index (χ4v) is 2.12. The molecular formula is C12H13ClO2. The van der Waals surface area contributed by atoms with Crippen LogP contribution in [-0.2, 0) is 9.53 Å². The lowest BCUT2D eigenvalue weighted by molar-refractivity contribution is -0.143. The number of benzene rings is 1. The van der Waals surface area contributed by atoms with E-state index in [4.69, 9.17) is 16.3 Å². The largest absolute Gasteiger partial charge is 0.465 e. The van der Waals surface area contributed by atoms with Crippen molar-refractivity contribution in [2.24, 2.45) is 0 Å². The van der Waals surface area contributed by atoms with Crippen LogP contribution < -0.4 is 0 Å². The Morgan fingerprint density at radius 3 is 2.80 bits per heavy atom. The van der Waals surface area contributed by atoms with Crippen molar-refractivity contribution in [3.8, 4) is 0 Å². The minimum Gasteiger partial charge on any atom is -0.465 e. The second-order valence-electron chi connectivity index (χ2n) is 3.75. The van der Waals surface area contributed by atoms with Gasteiger partial charge in [-0.1, -0.05) is 30.3 Å². The predicted molar refractivity (Wildman–Crippen MR) is 59.0 cm³/mol. The number of ether oxygens (including phenoxy) is 1. The van der Waals surface area contributed by atoms with Crippen LogP contribution in [0.4, 0.5) is 0 Å². The molecule has 2 rings (SSSR count). The Morgan fingerprint density at radius 1 is 1.53 bits per heavy atom. The van der Waals surface area contributed by atoms with Crippen LogP contribution in [-0.4, -0.2) is 17.5 Å². The van der Waals surface area contributed by atoms with Gasteiger partial charge in [-0.2, -0.15) is 0 Å². The van der Waals surface area contributed by atoms with E-state index in [2.05, 4.69) is 0 Å². The lowest BCUT2D eigenvalue weighted by atomic mass is 10.1. The van der Waals surface area contributed by atoms with E-state index in [1.807, 2.05) is 30.3 Å². The summed E-state index contributed by atoms with van der Waals surface area (Å²) in [5.74, 6) is -0.181. The molecule has 0 aromatic heterocycles. The maximum absolute atomic E-state index is 11.6. The molecule has 3 heteroatoms. The molecule has 0 spiro atoms. The molecular weight excluding hydrogens is 212 g/mol. The average Bonchev–Trinajstić information content (AvgIpc) is 2.94. The van der Waals surface area contributed by atoms with Crippen LogP contribution >= 0.6 is 11.6 Å². The molecule has 1 aromatic rings. The van der Waals surface area contributed by atoms with Crippen LogP contribution in [0.15, 0.2) is 30.3 Å². The first-order chi connectivity index (χ1) is 7.18. The number of hydrogen-bond acceptors (Lipinski definition) is 2. The normalized spacial score (nSPS) is 28.5. The molecule has 15 heavy (non-hydrogen) atoms. The molecule has 1 saturated carbocycles. The molecule has 80 valence electrons. The van der Waals surface area contributed by atoms with Crippen molar-refractivity contribution in [1.29, 1.82) is 0 Å². The monoisotopic (exact) mass is 224 g/mol. The van der Waals surface area contributed by atoms with Gasteiger partial charge in [0.25, 0.3) is 0 Å². The maximum Gasteiger partial charge on any atom is 0.327 e. The highest BCUT2D eigenvalue weighted by molar-refractivity contribution is 6.37. The zero-order valence-corrected chi connectivity index (χ0v) is 9.33. The number of carbonyl (C=O) groups is 1. The third-order valence-electron chi connectivity index (χ3n) is 2.71. The van der Waals surface area contributed by atoms with Crippen molar-refractivity contribution in [3.63, 3.8) is 0 Å². The maximum atomic E-state index is 11.6. The van der Waals surface area contributed by atoms with Crippen LogP contribution in [0.25, 0.3) is 0 Å². The topological polar surface area (TPSA) is 26.3 Å². The summed E-state index contributed by atoms with van der Waals surface area (Å²) in [6.45, 7) is 2.17. The first-order valence-corrected chi connectivity index (χ1v) is 5.47. The third-order valence-corrected chi connectivity index (χ3v) is 3.28. The van der Waals surface area contributed by atoms with Crippen LogP contribution in [0, 0.1) is 0 Å². The molecule has 0 radical (unpaired) electrons. The van der Waals surface area contributed by atoms with Crippen LogP contribution in [0.3, 0.4) is 0 Å². The van der Waals surface area contributed by atoms with Gasteiger partial charge < -0.3 is 4.74 Å². The van der Waals surface area contributed by atoms with E-state index in [9.17, 15) is 4.79 Å². The Labute approximate surface area is 94.2 Å². The summed E-state index contributed by atoms with van der Waals surface area (Å²) in [6.07, 6.45) is 0.678. The SMILES string of the molecule is CCOC(=O)[C@@]1(Cl)C[C@@H]1c1ccccc1. The molecule has 0 unspecified atom stereocenters. The van der Waals surface area contributed by atoms with Gasteiger partial charge in [0.05, 0.1) is 6.61 Å². The second kappa shape index (κ2) is 3.86. The zero-order valence-electron chi connectivity index (χ0n) is 8.57. The molecule has 2 nitrogen and oxygen atoms in total. The Balaban J connectivity index is 2.09. The molecule has 0 heterocycles. The van der Waals surface area contributed by atoms with Crippen molar-refractivity contribution in [2.45, 2.75) is 24.1 Å². The number of alkyl halides is 1. The fraction of sp³-hybridized carbons (Fsp3) is 0.417. The van der Waals surface area contributed by atoms with Gasteiger partial charge in [-0.05, 0) is 18.9 Å². The van der Waals surface area contributed by atoms with Crippen molar-refractivity contribution in [1.82, 2.24) is 0 Å². The van der Waals surface area contributed by atoms with Crippen molar-refractivity contribution >= 4 is 17.6 Å². The zero-order chi connectivity index (χ0) is 10.9. The molecule has 1 aromatic carbocycles. The van der Waals surface area contributed by atoms with Crippen LogP contribution in [0.2, 0.25) is 0 Å². The van der Waals surface area contributed by atoms with E-state index in [0.29, 0.717) is 13.0 Å². The number of hydrogen-bond donors (Lipinski definition) is 0. The van der Waals surface area contributed by atoms with E-state index in [-0.39, 0.29) is 11.9 Å². The van der Waals surface area contributed by atoms with Crippen molar-refractivity contribution in [3.05, 3.63) is 35.9 Å². The van der Waals surface area contributed by atoms with Gasteiger partial charge >= 0.3 is 5.97 Å². The molecule has 0 N–H and O–H groups in total. The van der Waals surface area contributed by atoms with Crippen LogP contribution in [0.5, 0.6) is 0 Å². The fourth-order valence-electron chi connectivity index (χ4n) is 1.78. The second-order valence-corrected chi connectivity index (χ2v) is 4.42. The summed E-state index contributed by atoms with van der Waals surface area (Å²) in [5, 5.41) is 0. The lowest BCUT2D eigenvalue weighted by Crippen LogP contribution is -2.21. The number of esters is 1. The molecule has 1 aliphatic rings. The highest BCUT2D eigenvalue weighted by Gasteiger charge is 2.60. The lowest BCUT2D eigenvalue weighted by Gasteiger charge is -2.07. The molecule has 1 aliphatic carbocycles. The van der Waals surface area contributed by atoms with E-state index in [1.165, 1.54) is 0 Å². The van der Waals surface area contributed by atoms with E-state index in [1.54, 1.807) is 6.92 Å². The first-order valence-electron chi connectivity index (χ1n) is 5.09. The van der Waals surface area contributed by atoms with Gasteiger partial charge in [0.2, 0.25) is 0 Å². The predicted octanol–water partition coefficient (Wildman–Crippen LogP) is 2.71. The van der Waals surface area contributed by atoms with Gasteiger partial charge in [0.15, 0.2) is 0 Å². The molecule has 0 aliphatic heterocycles. The standard InChI is InChI=1S/C12H13ClO2/c1-2-15-11(14)12(13)8-10(12)9-6-4-3-5-7-9/h3-7,10H,2,8H2,1H3/t10-,12-/m1/s1. The summed E-state index contributed by atoms with van der Waals surface area (Å²) in [4.78, 5) is 10.7. The Hall–Kier alpha value is -1.02. The molecule has 0 bridgehead atoms.